The predicted molar refractivity (Wildman–Crippen MR) is 80.3 cm³/mol. The Hall–Kier alpha value is -2.43. The standard InChI is InChI=1S/C15H17N5/c1-4-11-6-17-14-13(11)15(19-8-18-14)20-12-5-9(2)10(3)16-7-12/h5-8H,4H2,1-3H3,(H2,17,18,19,20). The monoisotopic (exact) mass is 267 g/mol. The molecule has 0 aliphatic heterocycles. The van der Waals surface area contributed by atoms with Crippen LogP contribution in [0.25, 0.3) is 11.0 Å². The first-order valence-electron chi connectivity index (χ1n) is 6.70. The number of hydrogen-bond donors (Lipinski definition) is 2. The van der Waals surface area contributed by atoms with Gasteiger partial charge in [0.15, 0.2) is 0 Å². The summed E-state index contributed by atoms with van der Waals surface area (Å²) in [6.07, 6.45) is 6.32. The summed E-state index contributed by atoms with van der Waals surface area (Å²) < 4.78 is 0. The van der Waals surface area contributed by atoms with Crippen LogP contribution in [-0.4, -0.2) is 19.9 Å². The van der Waals surface area contributed by atoms with Crippen molar-refractivity contribution >= 4 is 22.5 Å². The Morgan fingerprint density at radius 1 is 1.20 bits per heavy atom. The molecule has 3 rings (SSSR count). The van der Waals surface area contributed by atoms with Gasteiger partial charge in [-0.15, -0.1) is 0 Å². The van der Waals surface area contributed by atoms with E-state index in [1.165, 1.54) is 5.56 Å². The van der Waals surface area contributed by atoms with Crippen molar-refractivity contribution in [2.75, 3.05) is 5.32 Å². The van der Waals surface area contributed by atoms with E-state index in [-0.39, 0.29) is 0 Å². The molecular weight excluding hydrogens is 250 g/mol. The van der Waals surface area contributed by atoms with Crippen LogP contribution < -0.4 is 5.32 Å². The minimum atomic E-state index is 0.818. The zero-order valence-corrected chi connectivity index (χ0v) is 11.9. The number of pyridine rings is 1. The Balaban J connectivity index is 2.05. The highest BCUT2D eigenvalue weighted by atomic mass is 15.0. The fourth-order valence-corrected chi connectivity index (χ4v) is 2.25. The van der Waals surface area contributed by atoms with Crippen LogP contribution in [0.5, 0.6) is 0 Å². The fourth-order valence-electron chi connectivity index (χ4n) is 2.25. The fraction of sp³-hybridized carbons (Fsp3) is 0.267. The molecule has 0 amide bonds. The normalized spacial score (nSPS) is 10.9. The second-order valence-electron chi connectivity index (χ2n) is 4.86. The largest absolute Gasteiger partial charge is 0.346 e. The van der Waals surface area contributed by atoms with Crippen LogP contribution in [0.2, 0.25) is 0 Å². The first-order chi connectivity index (χ1) is 9.69. The Labute approximate surface area is 117 Å². The van der Waals surface area contributed by atoms with Gasteiger partial charge < -0.3 is 10.3 Å². The van der Waals surface area contributed by atoms with Gasteiger partial charge in [0.25, 0.3) is 0 Å². The van der Waals surface area contributed by atoms with Gasteiger partial charge in [0.1, 0.15) is 17.8 Å². The third-order valence-corrected chi connectivity index (χ3v) is 3.54. The van der Waals surface area contributed by atoms with E-state index < -0.39 is 0 Å². The third kappa shape index (κ3) is 2.11. The van der Waals surface area contributed by atoms with Crippen LogP contribution in [0.15, 0.2) is 24.8 Å². The molecule has 0 fully saturated rings. The SMILES string of the molecule is CCc1c[nH]c2ncnc(Nc3cnc(C)c(C)c3)c12. The molecule has 0 radical (unpaired) electrons. The van der Waals surface area contributed by atoms with Crippen molar-refractivity contribution in [3.8, 4) is 0 Å². The Kier molecular flexibility index (Phi) is 3.10. The summed E-state index contributed by atoms with van der Waals surface area (Å²) in [7, 11) is 0. The van der Waals surface area contributed by atoms with Gasteiger partial charge in [-0.1, -0.05) is 6.92 Å². The van der Waals surface area contributed by atoms with Crippen LogP contribution in [0, 0.1) is 13.8 Å². The summed E-state index contributed by atoms with van der Waals surface area (Å²) in [4.78, 5) is 16.2. The maximum atomic E-state index is 4.37. The molecule has 3 aromatic heterocycles. The molecule has 0 bridgehead atoms. The zero-order chi connectivity index (χ0) is 14.1. The molecule has 0 atom stereocenters. The molecule has 20 heavy (non-hydrogen) atoms. The van der Waals surface area contributed by atoms with E-state index >= 15 is 0 Å². The van der Waals surface area contributed by atoms with E-state index in [1.807, 2.05) is 19.3 Å². The highest BCUT2D eigenvalue weighted by Crippen LogP contribution is 2.26. The van der Waals surface area contributed by atoms with Gasteiger partial charge in [-0.3, -0.25) is 4.98 Å². The Morgan fingerprint density at radius 3 is 2.80 bits per heavy atom. The van der Waals surface area contributed by atoms with Crippen LogP contribution in [-0.2, 0) is 6.42 Å². The number of nitrogens with one attached hydrogen (secondary N) is 2. The van der Waals surface area contributed by atoms with Crippen molar-refractivity contribution < 1.29 is 0 Å². The molecule has 0 saturated heterocycles. The van der Waals surface area contributed by atoms with Crippen molar-refractivity contribution in [1.29, 1.82) is 0 Å². The van der Waals surface area contributed by atoms with Gasteiger partial charge >= 0.3 is 0 Å². The number of anilines is 2. The molecule has 5 heteroatoms. The minimum Gasteiger partial charge on any atom is -0.346 e. The maximum Gasteiger partial charge on any atom is 0.143 e. The van der Waals surface area contributed by atoms with Crippen molar-refractivity contribution in [3.63, 3.8) is 0 Å². The number of rotatable bonds is 3. The van der Waals surface area contributed by atoms with Gasteiger partial charge in [-0.05, 0) is 37.5 Å². The Morgan fingerprint density at radius 2 is 2.05 bits per heavy atom. The van der Waals surface area contributed by atoms with Crippen molar-refractivity contribution in [2.45, 2.75) is 27.2 Å². The predicted octanol–water partition coefficient (Wildman–Crippen LogP) is 3.28. The van der Waals surface area contributed by atoms with E-state index in [9.17, 15) is 0 Å². The number of aromatic amines is 1. The summed E-state index contributed by atoms with van der Waals surface area (Å²) >= 11 is 0. The number of fused-ring (bicyclic) bond motifs is 1. The maximum absolute atomic E-state index is 4.37. The quantitative estimate of drug-likeness (QED) is 0.764. The topological polar surface area (TPSA) is 66.5 Å². The van der Waals surface area contributed by atoms with Gasteiger partial charge in [0.2, 0.25) is 0 Å². The number of aromatic nitrogens is 4. The number of aryl methyl sites for hydroxylation is 3. The lowest BCUT2D eigenvalue weighted by Crippen LogP contribution is -1.98. The molecule has 2 N–H and O–H groups in total. The third-order valence-electron chi connectivity index (χ3n) is 3.54. The van der Waals surface area contributed by atoms with Crippen LogP contribution >= 0.6 is 0 Å². The lowest BCUT2D eigenvalue weighted by Gasteiger charge is -2.09. The average Bonchev–Trinajstić information content (AvgIpc) is 2.87. The highest BCUT2D eigenvalue weighted by Gasteiger charge is 2.10. The van der Waals surface area contributed by atoms with Crippen LogP contribution in [0.3, 0.4) is 0 Å². The molecule has 5 nitrogen and oxygen atoms in total. The molecule has 0 aliphatic carbocycles. The summed E-state index contributed by atoms with van der Waals surface area (Å²) in [5, 5.41) is 4.39. The van der Waals surface area contributed by atoms with Gasteiger partial charge in [0.05, 0.1) is 17.3 Å². The van der Waals surface area contributed by atoms with Gasteiger partial charge in [-0.25, -0.2) is 9.97 Å². The number of H-pyrrole nitrogens is 1. The van der Waals surface area contributed by atoms with Crippen LogP contribution in [0.1, 0.15) is 23.7 Å². The second kappa shape index (κ2) is 4.92. The van der Waals surface area contributed by atoms with Gasteiger partial charge in [0, 0.05) is 11.9 Å². The second-order valence-corrected chi connectivity index (χ2v) is 4.86. The van der Waals surface area contributed by atoms with E-state index in [0.717, 1.165) is 40.2 Å². The molecule has 0 aromatic carbocycles. The van der Waals surface area contributed by atoms with E-state index in [1.54, 1.807) is 6.33 Å². The van der Waals surface area contributed by atoms with Crippen molar-refractivity contribution in [1.82, 2.24) is 19.9 Å². The molecule has 0 spiro atoms. The smallest absolute Gasteiger partial charge is 0.143 e. The van der Waals surface area contributed by atoms with E-state index in [4.69, 9.17) is 0 Å². The first kappa shape index (κ1) is 12.6. The van der Waals surface area contributed by atoms with Gasteiger partial charge in [-0.2, -0.15) is 0 Å². The molecule has 102 valence electrons. The summed E-state index contributed by atoms with van der Waals surface area (Å²) in [6, 6.07) is 2.08. The van der Waals surface area contributed by atoms with E-state index in [0.29, 0.717) is 0 Å². The molecule has 0 aliphatic rings. The molecule has 0 saturated carbocycles. The lowest BCUT2D eigenvalue weighted by molar-refractivity contribution is 1.14. The van der Waals surface area contributed by atoms with Crippen molar-refractivity contribution in [3.05, 3.63) is 41.6 Å². The minimum absolute atomic E-state index is 0.818. The van der Waals surface area contributed by atoms with E-state index in [2.05, 4.69) is 45.2 Å². The summed E-state index contributed by atoms with van der Waals surface area (Å²) in [5.74, 6) is 0.818. The molecule has 3 aromatic rings. The highest BCUT2D eigenvalue weighted by molar-refractivity contribution is 5.91. The average molecular weight is 267 g/mol. The number of hydrogen-bond acceptors (Lipinski definition) is 4. The molecule has 3 heterocycles. The summed E-state index contributed by atoms with van der Waals surface area (Å²) in [5.41, 5.74) is 5.21. The van der Waals surface area contributed by atoms with Crippen LogP contribution in [0.4, 0.5) is 11.5 Å². The number of nitrogens with zero attached hydrogens (tertiary/aromatic N) is 3. The zero-order valence-electron chi connectivity index (χ0n) is 11.9. The Bertz CT molecular complexity index is 760. The first-order valence-corrected chi connectivity index (χ1v) is 6.70. The summed E-state index contributed by atoms with van der Waals surface area (Å²) in [6.45, 7) is 6.18. The molecular formula is C15H17N5. The van der Waals surface area contributed by atoms with Crippen molar-refractivity contribution in [2.24, 2.45) is 0 Å². The molecule has 0 unspecified atom stereocenters. The lowest BCUT2D eigenvalue weighted by atomic mass is 10.2.